The van der Waals surface area contributed by atoms with E-state index in [2.05, 4.69) is 5.32 Å². The lowest BCUT2D eigenvalue weighted by Gasteiger charge is -2.31. The Labute approximate surface area is 124 Å². The zero-order valence-electron chi connectivity index (χ0n) is 11.9. The summed E-state index contributed by atoms with van der Waals surface area (Å²) < 4.78 is 76.5. The lowest BCUT2D eigenvalue weighted by Crippen LogP contribution is -2.47. The first-order chi connectivity index (χ1) is 10.1. The van der Waals surface area contributed by atoms with E-state index in [0.717, 1.165) is 25.2 Å². The highest BCUT2D eigenvalue weighted by molar-refractivity contribution is 5.33. The number of nitrogens with one attached hydrogen (secondary N) is 1. The summed E-state index contributed by atoms with van der Waals surface area (Å²) in [5.74, 6) is 0.387. The molecule has 124 valence electrons. The predicted octanol–water partition coefficient (Wildman–Crippen LogP) is 3.38. The molecule has 1 aliphatic rings. The van der Waals surface area contributed by atoms with Crippen molar-refractivity contribution in [3.63, 3.8) is 0 Å². The van der Waals surface area contributed by atoms with Crippen molar-refractivity contribution in [2.24, 2.45) is 5.92 Å². The third kappa shape index (κ3) is 4.36. The normalized spacial score (nSPS) is 16.9. The number of hydrogen-bond donors (Lipinski definition) is 1. The third-order valence-electron chi connectivity index (χ3n) is 3.54. The monoisotopic (exact) mass is 326 g/mol. The molecule has 0 spiro atoms. The van der Waals surface area contributed by atoms with Crippen LogP contribution >= 0.6 is 0 Å². The fourth-order valence-electron chi connectivity index (χ4n) is 2.41. The van der Waals surface area contributed by atoms with Crippen molar-refractivity contribution in [1.29, 1.82) is 0 Å². The Bertz CT molecular complexity index is 487. The molecular weight excluding hydrogens is 310 g/mol. The van der Waals surface area contributed by atoms with E-state index >= 15 is 0 Å². The quantitative estimate of drug-likeness (QED) is 0.854. The molecule has 1 aliphatic heterocycles. The van der Waals surface area contributed by atoms with Crippen LogP contribution in [0.1, 0.15) is 16.7 Å². The Balaban J connectivity index is 2.21. The molecule has 1 aromatic carbocycles. The maximum absolute atomic E-state index is 12.8. The first kappa shape index (κ1) is 17.1. The van der Waals surface area contributed by atoms with Crippen molar-refractivity contribution in [3.05, 3.63) is 34.9 Å². The molecule has 1 aromatic rings. The van der Waals surface area contributed by atoms with Crippen molar-refractivity contribution in [1.82, 2.24) is 10.2 Å². The summed E-state index contributed by atoms with van der Waals surface area (Å²) in [5, 5.41) is 3.06. The molecule has 0 unspecified atom stereocenters. The second-order valence-corrected chi connectivity index (χ2v) is 5.64. The van der Waals surface area contributed by atoms with Gasteiger partial charge in [0, 0.05) is 26.2 Å². The highest BCUT2D eigenvalue weighted by atomic mass is 19.4. The van der Waals surface area contributed by atoms with Crippen LogP contribution in [-0.4, -0.2) is 31.6 Å². The zero-order valence-corrected chi connectivity index (χ0v) is 11.9. The molecule has 0 amide bonds. The molecule has 0 aliphatic carbocycles. The van der Waals surface area contributed by atoms with Gasteiger partial charge in [-0.05, 0) is 36.7 Å². The summed E-state index contributed by atoms with van der Waals surface area (Å²) in [6, 6.07) is 1.72. The van der Waals surface area contributed by atoms with Crippen LogP contribution < -0.4 is 5.32 Å². The minimum Gasteiger partial charge on any atom is -0.316 e. The predicted molar refractivity (Wildman–Crippen MR) is 69.1 cm³/mol. The van der Waals surface area contributed by atoms with E-state index in [9.17, 15) is 26.3 Å². The number of benzene rings is 1. The van der Waals surface area contributed by atoms with E-state index in [1.54, 1.807) is 11.9 Å². The van der Waals surface area contributed by atoms with Gasteiger partial charge in [0.15, 0.2) is 0 Å². The molecule has 0 saturated carbocycles. The van der Waals surface area contributed by atoms with E-state index in [-0.39, 0.29) is 18.2 Å². The minimum atomic E-state index is -4.80. The summed E-state index contributed by atoms with van der Waals surface area (Å²) in [4.78, 5) is 1.74. The summed E-state index contributed by atoms with van der Waals surface area (Å²) in [6.07, 6.45) is -9.60. The maximum Gasteiger partial charge on any atom is 0.416 e. The summed E-state index contributed by atoms with van der Waals surface area (Å²) in [6.45, 7) is 2.32. The first-order valence-corrected chi connectivity index (χ1v) is 6.73. The molecule has 2 rings (SSSR count). The fraction of sp³-hybridized carbons (Fsp3) is 0.571. The maximum atomic E-state index is 12.8. The molecule has 1 heterocycles. The SMILES string of the molecule is CN(Cc1cc(C(F)(F)F)cc(C(F)(F)F)c1)CC1CNC1. The highest BCUT2D eigenvalue weighted by Gasteiger charge is 2.36. The summed E-state index contributed by atoms with van der Waals surface area (Å²) in [7, 11) is 1.69. The third-order valence-corrected chi connectivity index (χ3v) is 3.54. The molecule has 1 N–H and O–H groups in total. The van der Waals surface area contributed by atoms with Gasteiger partial charge in [-0.3, -0.25) is 0 Å². The average molecular weight is 326 g/mol. The fourth-order valence-corrected chi connectivity index (χ4v) is 2.41. The van der Waals surface area contributed by atoms with E-state index < -0.39 is 23.5 Å². The smallest absolute Gasteiger partial charge is 0.316 e. The van der Waals surface area contributed by atoms with E-state index in [4.69, 9.17) is 0 Å². The van der Waals surface area contributed by atoms with Crippen molar-refractivity contribution in [2.75, 3.05) is 26.7 Å². The van der Waals surface area contributed by atoms with Crippen molar-refractivity contribution in [3.8, 4) is 0 Å². The highest BCUT2D eigenvalue weighted by Crippen LogP contribution is 2.36. The van der Waals surface area contributed by atoms with Gasteiger partial charge in [-0.25, -0.2) is 0 Å². The zero-order chi connectivity index (χ0) is 16.5. The molecular formula is C14H16F6N2. The van der Waals surface area contributed by atoms with Gasteiger partial charge < -0.3 is 10.2 Å². The lowest BCUT2D eigenvalue weighted by molar-refractivity contribution is -0.143. The van der Waals surface area contributed by atoms with Gasteiger partial charge >= 0.3 is 12.4 Å². The average Bonchev–Trinajstić information content (AvgIpc) is 2.31. The van der Waals surface area contributed by atoms with Crippen molar-refractivity contribution < 1.29 is 26.3 Å². The number of nitrogens with zero attached hydrogens (tertiary/aromatic N) is 1. The number of halogens is 6. The molecule has 8 heteroatoms. The van der Waals surface area contributed by atoms with Gasteiger partial charge in [-0.2, -0.15) is 26.3 Å². The van der Waals surface area contributed by atoms with E-state index in [1.165, 1.54) is 0 Å². The second kappa shape index (κ2) is 6.08. The van der Waals surface area contributed by atoms with Crippen molar-refractivity contribution in [2.45, 2.75) is 18.9 Å². The van der Waals surface area contributed by atoms with E-state index in [1.807, 2.05) is 0 Å². The molecule has 0 aromatic heterocycles. The molecule has 1 fully saturated rings. The van der Waals surface area contributed by atoms with Gasteiger partial charge in [0.2, 0.25) is 0 Å². The van der Waals surface area contributed by atoms with Crippen LogP contribution in [0.5, 0.6) is 0 Å². The molecule has 0 atom stereocenters. The van der Waals surface area contributed by atoms with Crippen LogP contribution in [0.4, 0.5) is 26.3 Å². The van der Waals surface area contributed by atoms with Gasteiger partial charge in [-0.15, -0.1) is 0 Å². The molecule has 22 heavy (non-hydrogen) atoms. The Morgan fingerprint density at radius 3 is 1.86 bits per heavy atom. The number of hydrogen-bond acceptors (Lipinski definition) is 2. The van der Waals surface area contributed by atoms with Crippen LogP contribution in [0.3, 0.4) is 0 Å². The Morgan fingerprint density at radius 1 is 1.00 bits per heavy atom. The summed E-state index contributed by atoms with van der Waals surface area (Å²) >= 11 is 0. The second-order valence-electron chi connectivity index (χ2n) is 5.64. The van der Waals surface area contributed by atoms with Crippen LogP contribution in [0, 0.1) is 5.92 Å². The van der Waals surface area contributed by atoms with Crippen LogP contribution in [-0.2, 0) is 18.9 Å². The van der Waals surface area contributed by atoms with Gasteiger partial charge in [-0.1, -0.05) is 0 Å². The van der Waals surface area contributed by atoms with Crippen LogP contribution in [0.2, 0.25) is 0 Å². The standard InChI is InChI=1S/C14H16F6N2/c1-22(8-10-5-21-6-10)7-9-2-11(13(15,16)17)4-12(3-9)14(18,19)20/h2-4,10,21H,5-8H2,1H3. The number of alkyl halides is 6. The van der Waals surface area contributed by atoms with Crippen LogP contribution in [0.25, 0.3) is 0 Å². The topological polar surface area (TPSA) is 15.3 Å². The Kier molecular flexibility index (Phi) is 4.72. The van der Waals surface area contributed by atoms with E-state index in [0.29, 0.717) is 12.5 Å². The minimum absolute atomic E-state index is 0.0110. The lowest BCUT2D eigenvalue weighted by atomic mass is 10.0. The number of rotatable bonds is 4. The molecule has 1 saturated heterocycles. The summed E-state index contributed by atoms with van der Waals surface area (Å²) in [5.41, 5.74) is -2.52. The molecule has 2 nitrogen and oxygen atoms in total. The largest absolute Gasteiger partial charge is 0.416 e. The van der Waals surface area contributed by atoms with Gasteiger partial charge in [0.25, 0.3) is 0 Å². The van der Waals surface area contributed by atoms with Crippen LogP contribution in [0.15, 0.2) is 18.2 Å². The molecule has 0 radical (unpaired) electrons. The van der Waals surface area contributed by atoms with Crippen molar-refractivity contribution >= 4 is 0 Å². The van der Waals surface area contributed by atoms with Gasteiger partial charge in [0.1, 0.15) is 0 Å². The van der Waals surface area contributed by atoms with Gasteiger partial charge in [0.05, 0.1) is 11.1 Å². The Hall–Kier alpha value is -1.28. The Morgan fingerprint density at radius 2 is 1.50 bits per heavy atom. The molecule has 0 bridgehead atoms. The first-order valence-electron chi connectivity index (χ1n) is 6.73.